The van der Waals surface area contributed by atoms with Gasteiger partial charge in [-0.3, -0.25) is 15.6 Å². The van der Waals surface area contributed by atoms with Crippen molar-refractivity contribution < 1.29 is 14.3 Å². The molecule has 3 N–H and O–H groups in total. The summed E-state index contributed by atoms with van der Waals surface area (Å²) in [7, 11) is 0. The van der Waals surface area contributed by atoms with E-state index < -0.39 is 0 Å². The van der Waals surface area contributed by atoms with E-state index in [0.29, 0.717) is 24.0 Å². The molecule has 0 spiro atoms. The third-order valence-corrected chi connectivity index (χ3v) is 4.30. The topological polar surface area (TPSA) is 71.6 Å². The summed E-state index contributed by atoms with van der Waals surface area (Å²) in [4.78, 5) is 11.9. The number of nitrogens with one attached hydrogen (secondary N) is 3. The van der Waals surface area contributed by atoms with Crippen LogP contribution in [0, 0.1) is 0 Å². The summed E-state index contributed by atoms with van der Waals surface area (Å²) in [6.07, 6.45) is 0. The maximum Gasteiger partial charge on any atom is 0.276 e. The van der Waals surface area contributed by atoms with Crippen LogP contribution in [0.2, 0.25) is 0 Å². The fraction of sp³-hybridized carbons (Fsp3) is 0.130. The number of hydrogen-bond donors (Lipinski definition) is 3. The molecule has 0 unspecified atom stereocenters. The Morgan fingerprint density at radius 2 is 1.30 bits per heavy atom. The largest absolute Gasteiger partial charge is 0.489 e. The quantitative estimate of drug-likeness (QED) is 0.383. The minimum Gasteiger partial charge on any atom is -0.489 e. The molecule has 0 radical (unpaired) electrons. The fourth-order valence-corrected chi connectivity index (χ4v) is 2.63. The van der Waals surface area contributed by atoms with E-state index in [9.17, 15) is 4.79 Å². The molecule has 0 saturated heterocycles. The summed E-state index contributed by atoms with van der Waals surface area (Å²) in [5.74, 6) is 0.956. The Bertz CT molecular complexity index is 935. The maximum absolute atomic E-state index is 11.9. The predicted molar refractivity (Wildman–Crippen MR) is 120 cm³/mol. The first-order valence-electron chi connectivity index (χ1n) is 9.45. The summed E-state index contributed by atoms with van der Waals surface area (Å²) in [6, 6.07) is 26.9. The summed E-state index contributed by atoms with van der Waals surface area (Å²) in [5, 5.41) is 3.33. The summed E-state index contributed by atoms with van der Waals surface area (Å²) >= 11 is 5.13. The number of hydrazine groups is 1. The van der Waals surface area contributed by atoms with Crippen molar-refractivity contribution in [2.45, 2.75) is 13.2 Å². The van der Waals surface area contributed by atoms with Gasteiger partial charge in [-0.15, -0.1) is 0 Å². The highest BCUT2D eigenvalue weighted by molar-refractivity contribution is 7.80. The second-order valence-electron chi connectivity index (χ2n) is 6.38. The number of thiocarbonyl (C=S) groups is 1. The first-order valence-corrected chi connectivity index (χ1v) is 9.86. The highest BCUT2D eigenvalue weighted by Crippen LogP contribution is 2.18. The van der Waals surface area contributed by atoms with Crippen molar-refractivity contribution in [1.82, 2.24) is 16.2 Å². The minimum atomic E-state index is -0.344. The molecule has 3 aromatic carbocycles. The highest BCUT2D eigenvalue weighted by Gasteiger charge is 2.04. The van der Waals surface area contributed by atoms with E-state index in [1.165, 1.54) is 0 Å². The molecule has 154 valence electrons. The lowest BCUT2D eigenvalue weighted by molar-refractivity contribution is -0.123. The molecule has 0 aromatic heterocycles. The summed E-state index contributed by atoms with van der Waals surface area (Å²) in [6.45, 7) is 0.920. The highest BCUT2D eigenvalue weighted by atomic mass is 32.1. The average Bonchev–Trinajstić information content (AvgIpc) is 2.80. The van der Waals surface area contributed by atoms with Gasteiger partial charge in [-0.2, -0.15) is 0 Å². The molecule has 3 aromatic rings. The maximum atomic E-state index is 11.9. The lowest BCUT2D eigenvalue weighted by Crippen LogP contribution is -2.48. The average molecular weight is 422 g/mol. The molecule has 7 heteroatoms. The first kappa shape index (κ1) is 21.1. The van der Waals surface area contributed by atoms with E-state index in [-0.39, 0.29) is 12.5 Å². The van der Waals surface area contributed by atoms with Crippen molar-refractivity contribution in [3.8, 4) is 11.5 Å². The zero-order valence-electron chi connectivity index (χ0n) is 16.3. The zero-order valence-corrected chi connectivity index (χ0v) is 17.2. The van der Waals surface area contributed by atoms with Crippen LogP contribution in [0.5, 0.6) is 11.5 Å². The van der Waals surface area contributed by atoms with Gasteiger partial charge in [-0.25, -0.2) is 0 Å². The Balaban J connectivity index is 1.32. The molecular formula is C23H23N3O3S. The smallest absolute Gasteiger partial charge is 0.276 e. The first-order chi connectivity index (χ1) is 14.7. The van der Waals surface area contributed by atoms with Gasteiger partial charge in [0.1, 0.15) is 18.1 Å². The Morgan fingerprint density at radius 1 is 0.733 bits per heavy atom. The molecule has 0 aliphatic carbocycles. The van der Waals surface area contributed by atoms with Gasteiger partial charge in [0.2, 0.25) is 0 Å². The van der Waals surface area contributed by atoms with Crippen LogP contribution < -0.4 is 25.6 Å². The second kappa shape index (κ2) is 11.4. The number of hydrogen-bond acceptors (Lipinski definition) is 4. The van der Waals surface area contributed by atoms with E-state index in [1.54, 1.807) is 24.3 Å². The van der Waals surface area contributed by atoms with E-state index in [0.717, 1.165) is 16.9 Å². The second-order valence-corrected chi connectivity index (χ2v) is 6.78. The third-order valence-electron chi connectivity index (χ3n) is 4.05. The molecule has 0 heterocycles. The molecule has 6 nitrogen and oxygen atoms in total. The summed E-state index contributed by atoms with van der Waals surface area (Å²) in [5.41, 5.74) is 7.33. The van der Waals surface area contributed by atoms with Gasteiger partial charge in [-0.1, -0.05) is 60.7 Å². The molecule has 0 fully saturated rings. The molecule has 0 atom stereocenters. The van der Waals surface area contributed by atoms with Crippen molar-refractivity contribution >= 4 is 23.2 Å². The monoisotopic (exact) mass is 421 g/mol. The number of rotatable bonds is 8. The number of ether oxygens (including phenoxy) is 2. The van der Waals surface area contributed by atoms with Gasteiger partial charge in [0.25, 0.3) is 5.91 Å². The molecule has 3 rings (SSSR count). The van der Waals surface area contributed by atoms with Crippen molar-refractivity contribution in [3.05, 3.63) is 96.1 Å². The van der Waals surface area contributed by atoms with Gasteiger partial charge in [0.15, 0.2) is 11.7 Å². The van der Waals surface area contributed by atoms with Crippen molar-refractivity contribution in [1.29, 1.82) is 0 Å². The van der Waals surface area contributed by atoms with Gasteiger partial charge in [-0.05, 0) is 47.6 Å². The Morgan fingerprint density at radius 3 is 1.93 bits per heavy atom. The van der Waals surface area contributed by atoms with Crippen molar-refractivity contribution in [2.75, 3.05) is 6.61 Å². The van der Waals surface area contributed by atoms with Crippen LogP contribution in [0.15, 0.2) is 84.9 Å². The minimum absolute atomic E-state index is 0.140. The van der Waals surface area contributed by atoms with Crippen LogP contribution in [0.3, 0.4) is 0 Å². The molecule has 0 aliphatic heterocycles. The van der Waals surface area contributed by atoms with Crippen LogP contribution >= 0.6 is 12.2 Å². The lowest BCUT2D eigenvalue weighted by atomic mass is 10.2. The number of carbonyl (C=O) groups is 1. The van der Waals surface area contributed by atoms with Crippen LogP contribution in [0.25, 0.3) is 0 Å². The van der Waals surface area contributed by atoms with E-state index in [4.69, 9.17) is 21.7 Å². The van der Waals surface area contributed by atoms with E-state index in [2.05, 4.69) is 16.2 Å². The van der Waals surface area contributed by atoms with Gasteiger partial charge >= 0.3 is 0 Å². The number of carbonyl (C=O) groups excluding carboxylic acids is 1. The molecule has 0 saturated carbocycles. The van der Waals surface area contributed by atoms with Gasteiger partial charge in [0, 0.05) is 6.54 Å². The van der Waals surface area contributed by atoms with Crippen LogP contribution in [0.4, 0.5) is 0 Å². The van der Waals surface area contributed by atoms with Gasteiger partial charge in [0.05, 0.1) is 0 Å². The Labute approximate surface area is 181 Å². The number of amides is 1. The van der Waals surface area contributed by atoms with Crippen molar-refractivity contribution in [2.24, 2.45) is 0 Å². The zero-order chi connectivity index (χ0) is 21.0. The third kappa shape index (κ3) is 7.44. The fourth-order valence-electron chi connectivity index (χ4n) is 2.51. The molecule has 30 heavy (non-hydrogen) atoms. The van der Waals surface area contributed by atoms with E-state index >= 15 is 0 Å². The number of benzene rings is 3. The summed E-state index contributed by atoms with van der Waals surface area (Å²) < 4.78 is 11.2. The molecular weight excluding hydrogens is 398 g/mol. The molecule has 0 aliphatic rings. The predicted octanol–water partition coefficient (Wildman–Crippen LogP) is 3.34. The Hall–Kier alpha value is -3.58. The SMILES string of the molecule is O=C(COc1ccc(OCc2ccccc2)cc1)NNC(=S)NCc1ccccc1. The lowest BCUT2D eigenvalue weighted by Gasteiger charge is -2.12. The van der Waals surface area contributed by atoms with Crippen LogP contribution in [-0.4, -0.2) is 17.6 Å². The normalized spacial score (nSPS) is 10.0. The van der Waals surface area contributed by atoms with Crippen LogP contribution in [0.1, 0.15) is 11.1 Å². The van der Waals surface area contributed by atoms with Gasteiger partial charge < -0.3 is 14.8 Å². The van der Waals surface area contributed by atoms with Crippen molar-refractivity contribution in [3.63, 3.8) is 0 Å². The molecule has 1 amide bonds. The standard InChI is InChI=1S/C23H23N3O3S/c27-22(25-26-23(30)24-15-18-7-3-1-4-8-18)17-29-21-13-11-20(12-14-21)28-16-19-9-5-2-6-10-19/h1-14H,15-17H2,(H,25,27)(H2,24,26,30). The van der Waals surface area contributed by atoms with Crippen LogP contribution in [-0.2, 0) is 17.9 Å². The Kier molecular flexibility index (Phi) is 8.05. The van der Waals surface area contributed by atoms with E-state index in [1.807, 2.05) is 60.7 Å². The molecule has 0 bridgehead atoms.